The van der Waals surface area contributed by atoms with Crippen molar-refractivity contribution in [1.29, 1.82) is 0 Å². The molecule has 0 aliphatic carbocycles. The van der Waals surface area contributed by atoms with Crippen LogP contribution >= 0.6 is 0 Å². The first-order chi connectivity index (χ1) is 7.46. The Kier molecular flexibility index (Phi) is 8.64. The van der Waals surface area contributed by atoms with Gasteiger partial charge in [0.05, 0.1) is 0 Å². The summed E-state index contributed by atoms with van der Waals surface area (Å²) in [5.74, 6) is 0. The average molecular weight is 310 g/mol. The maximum absolute atomic E-state index is 11.6. The molecular weight excluding hydrogens is 291 g/mol. The van der Waals surface area contributed by atoms with Crippen LogP contribution < -0.4 is 18.9 Å². The van der Waals surface area contributed by atoms with E-state index in [1.807, 2.05) is 20.8 Å². The van der Waals surface area contributed by atoms with Crippen LogP contribution in [0.5, 0.6) is 0 Å². The van der Waals surface area contributed by atoms with E-state index in [9.17, 15) is 21.4 Å². The predicted molar refractivity (Wildman–Crippen MR) is 66.7 cm³/mol. The summed E-state index contributed by atoms with van der Waals surface area (Å²) in [6.07, 6.45) is 0.435. The van der Waals surface area contributed by atoms with Crippen LogP contribution in [0.25, 0.3) is 0 Å². The molecule has 0 aromatic heterocycles. The van der Waals surface area contributed by atoms with Crippen LogP contribution in [0.3, 0.4) is 0 Å². The summed E-state index contributed by atoms with van der Waals surface area (Å²) in [4.78, 5) is 0. The molecule has 1 unspecified atom stereocenters. The Morgan fingerprint density at radius 3 is 1.94 bits per heavy atom. The molecule has 0 radical (unpaired) electrons. The Hall–Kier alpha value is 0.634. The number of hydrogen-bond donors (Lipinski definition) is 0. The molecule has 0 rings (SSSR count). The minimum absolute atomic E-state index is 0. The Labute approximate surface area is 124 Å². The van der Waals surface area contributed by atoms with Crippen LogP contribution in [-0.4, -0.2) is 35.7 Å². The predicted octanol–water partition coefficient (Wildman–Crippen LogP) is -2.69. The number of rotatable bonds is 7. The molecule has 0 saturated carbocycles. The van der Waals surface area contributed by atoms with Gasteiger partial charge >= 0.3 is 18.9 Å². The van der Waals surface area contributed by atoms with Crippen LogP contribution in [0.4, 0.5) is 0 Å². The normalized spacial score (nSPS) is 15.6. The second kappa shape index (κ2) is 7.43. The van der Waals surface area contributed by atoms with Gasteiger partial charge < -0.3 is 8.42 Å². The Morgan fingerprint density at radius 1 is 1.22 bits per heavy atom. The van der Waals surface area contributed by atoms with Gasteiger partial charge in [-0.2, -0.15) is 8.42 Å². The maximum Gasteiger partial charge on any atom is 1.00 e. The summed E-state index contributed by atoms with van der Waals surface area (Å²) in [5.41, 5.74) is 0. The third-order valence-corrected chi connectivity index (χ3v) is 8.98. The molecule has 0 fully saturated rings. The van der Waals surface area contributed by atoms with Crippen molar-refractivity contribution in [1.82, 2.24) is 0 Å². The molecule has 18 heavy (non-hydrogen) atoms. The van der Waals surface area contributed by atoms with Gasteiger partial charge in [0.25, 0.3) is 10.1 Å². The molecule has 1 atom stereocenters. The van der Waals surface area contributed by atoms with Crippen LogP contribution in [0.1, 0.15) is 40.5 Å². The second-order valence-electron chi connectivity index (χ2n) is 4.60. The Bertz CT molecular complexity index is 444. The first-order valence-electron chi connectivity index (χ1n) is 5.29. The topological polar surface area (TPSA) is 101 Å². The van der Waals surface area contributed by atoms with E-state index in [-0.39, 0.29) is 30.3 Å². The smallest absolute Gasteiger partial charge is 0.747 e. The second-order valence-corrected chi connectivity index (χ2v) is 11.2. The van der Waals surface area contributed by atoms with Gasteiger partial charge in [-0.1, -0.05) is 34.1 Å². The van der Waals surface area contributed by atoms with Crippen molar-refractivity contribution in [2.45, 2.75) is 50.2 Å². The fourth-order valence-electron chi connectivity index (χ4n) is 0.972. The van der Waals surface area contributed by atoms with Crippen molar-refractivity contribution in [3.8, 4) is 0 Å². The molecule has 0 amide bonds. The monoisotopic (exact) mass is 310 g/mol. The third-order valence-electron chi connectivity index (χ3n) is 2.55. The van der Waals surface area contributed by atoms with E-state index >= 15 is 0 Å². The molecule has 6 nitrogen and oxygen atoms in total. The van der Waals surface area contributed by atoms with Crippen LogP contribution in [0, 0.1) is 0 Å². The molecule has 104 valence electrons. The van der Waals surface area contributed by atoms with Gasteiger partial charge in [0.1, 0.15) is 10.1 Å². The largest absolute Gasteiger partial charge is 1.00 e. The zero-order chi connectivity index (χ0) is 13.9. The number of hydrogen-bond acceptors (Lipinski definition) is 6. The van der Waals surface area contributed by atoms with Gasteiger partial charge in [-0.15, -0.1) is 0 Å². The SMILES string of the molecule is CCC(S(=O)(=O)[O-])S(=O)(=O)O[SiH2]C(C)(C)CC.[Li+]. The molecule has 0 spiro atoms. The Morgan fingerprint density at radius 2 is 1.67 bits per heavy atom. The van der Waals surface area contributed by atoms with Crippen molar-refractivity contribution in [2.75, 3.05) is 0 Å². The van der Waals surface area contributed by atoms with E-state index in [2.05, 4.69) is 0 Å². The van der Waals surface area contributed by atoms with Crippen molar-refractivity contribution >= 4 is 30.0 Å². The van der Waals surface area contributed by atoms with Gasteiger partial charge in [-0.05, 0) is 11.5 Å². The van der Waals surface area contributed by atoms with Gasteiger partial charge in [0.2, 0.25) is 0 Å². The summed E-state index contributed by atoms with van der Waals surface area (Å²) in [6, 6.07) is 0. The summed E-state index contributed by atoms with van der Waals surface area (Å²) < 4.78 is 58.4. The van der Waals surface area contributed by atoms with Crippen LogP contribution in [0.2, 0.25) is 5.04 Å². The molecule has 0 aromatic carbocycles. The van der Waals surface area contributed by atoms with E-state index < -0.39 is 34.6 Å². The molecule has 0 aliphatic heterocycles. The Balaban J connectivity index is 0. The summed E-state index contributed by atoms with van der Waals surface area (Å²) in [6.45, 7) is 6.92. The first-order valence-corrected chi connectivity index (χ1v) is 9.52. The van der Waals surface area contributed by atoms with Crippen molar-refractivity contribution in [2.24, 2.45) is 0 Å². The molecule has 10 heteroatoms. The molecular formula is C8H19LiO6S2Si. The molecule has 0 aromatic rings. The molecule has 0 heterocycles. The summed E-state index contributed by atoms with van der Waals surface area (Å²) in [5, 5.41) is -0.252. The maximum atomic E-state index is 11.6. The van der Waals surface area contributed by atoms with Crippen molar-refractivity contribution in [3.63, 3.8) is 0 Å². The standard InChI is InChI=1S/C8H20O6S2Si.Li/c1-5-7(15(9,10)11)16(12,13)14-17-8(3,4)6-2;/h7H,5-6,17H2,1-4H3,(H,9,10,11);/q;+1/p-1. The fraction of sp³-hybridized carbons (Fsp3) is 1.00. The van der Waals surface area contributed by atoms with Crippen LogP contribution in [0.15, 0.2) is 0 Å². The molecule has 0 N–H and O–H groups in total. The van der Waals surface area contributed by atoms with Crippen molar-refractivity contribution in [3.05, 3.63) is 0 Å². The first kappa shape index (κ1) is 20.9. The average Bonchev–Trinajstić information content (AvgIpc) is 2.13. The molecule has 0 aliphatic rings. The van der Waals surface area contributed by atoms with E-state index in [1.165, 1.54) is 6.92 Å². The van der Waals surface area contributed by atoms with E-state index in [1.54, 1.807) is 0 Å². The van der Waals surface area contributed by atoms with E-state index in [4.69, 9.17) is 3.87 Å². The quantitative estimate of drug-likeness (QED) is 0.375. The van der Waals surface area contributed by atoms with Gasteiger partial charge in [-0.25, -0.2) is 8.42 Å². The molecule has 0 saturated heterocycles. The third kappa shape index (κ3) is 6.70. The van der Waals surface area contributed by atoms with Crippen LogP contribution in [-0.2, 0) is 24.1 Å². The van der Waals surface area contributed by atoms with Gasteiger partial charge in [-0.3, -0.25) is 0 Å². The zero-order valence-electron chi connectivity index (χ0n) is 11.5. The minimum atomic E-state index is -4.89. The van der Waals surface area contributed by atoms with E-state index in [0.29, 0.717) is 0 Å². The minimum Gasteiger partial charge on any atom is -0.747 e. The molecule has 0 bridgehead atoms. The van der Waals surface area contributed by atoms with Gasteiger partial charge in [0.15, 0.2) is 14.3 Å². The zero-order valence-corrected chi connectivity index (χ0v) is 14.5. The van der Waals surface area contributed by atoms with E-state index in [0.717, 1.165) is 6.42 Å². The van der Waals surface area contributed by atoms with Gasteiger partial charge in [0, 0.05) is 0 Å². The van der Waals surface area contributed by atoms with Crippen molar-refractivity contribution < 1.29 is 44.1 Å². The summed E-state index contributed by atoms with van der Waals surface area (Å²) in [7, 11) is -10.7. The fourth-order valence-corrected chi connectivity index (χ4v) is 6.19. The summed E-state index contributed by atoms with van der Waals surface area (Å²) >= 11 is 0.